The van der Waals surface area contributed by atoms with Crippen LogP contribution in [0.1, 0.15) is 29.2 Å². The van der Waals surface area contributed by atoms with Gasteiger partial charge in [-0.25, -0.2) is 0 Å². The van der Waals surface area contributed by atoms with Crippen LogP contribution in [-0.4, -0.2) is 0 Å². The van der Waals surface area contributed by atoms with Crippen molar-refractivity contribution < 1.29 is 0 Å². The van der Waals surface area contributed by atoms with Crippen LogP contribution in [0.25, 0.3) is 5.57 Å². The van der Waals surface area contributed by atoms with Crippen molar-refractivity contribution in [3.8, 4) is 0 Å². The molecule has 19 heavy (non-hydrogen) atoms. The zero-order valence-corrected chi connectivity index (χ0v) is 12.0. The Morgan fingerprint density at radius 1 is 1.21 bits per heavy atom. The maximum Gasteiger partial charge on any atom is 0.0475 e. The van der Waals surface area contributed by atoms with Crippen LogP contribution in [0.3, 0.4) is 0 Å². The minimum Gasteiger partial charge on any atom is -0.398 e. The van der Waals surface area contributed by atoms with Crippen LogP contribution in [0.2, 0.25) is 0 Å². The van der Waals surface area contributed by atoms with E-state index in [-0.39, 0.29) is 0 Å². The number of allylic oxidation sites excluding steroid dienone is 1. The number of anilines is 1. The monoisotopic (exact) mass is 271 g/mol. The number of halogens is 1. The van der Waals surface area contributed by atoms with Crippen LogP contribution in [0.5, 0.6) is 0 Å². The van der Waals surface area contributed by atoms with Crippen LogP contribution in [-0.2, 0) is 5.88 Å². The molecule has 0 aromatic heterocycles. The number of hydrogen-bond donors (Lipinski definition) is 1. The topological polar surface area (TPSA) is 26.0 Å². The first-order chi connectivity index (χ1) is 9.17. The van der Waals surface area contributed by atoms with Gasteiger partial charge >= 0.3 is 0 Å². The standard InChI is InChI=1S/C17H18ClN/c1-3-15(14-7-5-4-6-8-14)16-9-13(11-18)10-17(19)12(16)2/h3-10H,11,19H2,1-2H3/b15-3-. The molecule has 2 aromatic rings. The highest BCUT2D eigenvalue weighted by atomic mass is 35.5. The van der Waals surface area contributed by atoms with Crippen LogP contribution in [0, 0.1) is 6.92 Å². The van der Waals surface area contributed by atoms with Gasteiger partial charge in [0.05, 0.1) is 0 Å². The number of nitrogen functional groups attached to an aromatic ring is 1. The van der Waals surface area contributed by atoms with Gasteiger partial charge in [-0.3, -0.25) is 0 Å². The Labute approximate surface area is 119 Å². The van der Waals surface area contributed by atoms with Gasteiger partial charge in [0.1, 0.15) is 0 Å². The fourth-order valence-electron chi connectivity index (χ4n) is 2.25. The number of rotatable bonds is 3. The van der Waals surface area contributed by atoms with Crippen molar-refractivity contribution in [1.29, 1.82) is 0 Å². The molecule has 0 aliphatic rings. The van der Waals surface area contributed by atoms with E-state index in [1.807, 2.05) is 31.2 Å². The second kappa shape index (κ2) is 5.94. The van der Waals surface area contributed by atoms with Gasteiger partial charge < -0.3 is 5.73 Å². The molecule has 2 heteroatoms. The lowest BCUT2D eigenvalue weighted by atomic mass is 9.92. The predicted molar refractivity (Wildman–Crippen MR) is 84.3 cm³/mol. The first-order valence-electron chi connectivity index (χ1n) is 6.34. The van der Waals surface area contributed by atoms with Crippen molar-refractivity contribution in [2.75, 3.05) is 5.73 Å². The normalized spacial score (nSPS) is 11.6. The highest BCUT2D eigenvalue weighted by molar-refractivity contribution is 6.17. The summed E-state index contributed by atoms with van der Waals surface area (Å²) < 4.78 is 0. The van der Waals surface area contributed by atoms with Crippen LogP contribution in [0.15, 0.2) is 48.5 Å². The van der Waals surface area contributed by atoms with Crippen LogP contribution in [0.4, 0.5) is 5.69 Å². The molecule has 0 amide bonds. The van der Waals surface area contributed by atoms with E-state index in [0.29, 0.717) is 5.88 Å². The third-order valence-corrected chi connectivity index (χ3v) is 3.63. The van der Waals surface area contributed by atoms with E-state index in [2.05, 4.69) is 31.2 Å². The molecule has 0 unspecified atom stereocenters. The number of hydrogen-bond acceptors (Lipinski definition) is 1. The van der Waals surface area contributed by atoms with Gasteiger partial charge in [-0.05, 0) is 53.8 Å². The Kier molecular flexibility index (Phi) is 4.28. The van der Waals surface area contributed by atoms with Gasteiger partial charge in [-0.2, -0.15) is 0 Å². The summed E-state index contributed by atoms with van der Waals surface area (Å²) in [6, 6.07) is 14.4. The van der Waals surface area contributed by atoms with Crippen molar-refractivity contribution in [1.82, 2.24) is 0 Å². The van der Waals surface area contributed by atoms with Crippen molar-refractivity contribution in [2.45, 2.75) is 19.7 Å². The zero-order chi connectivity index (χ0) is 13.8. The first kappa shape index (κ1) is 13.7. The Morgan fingerprint density at radius 3 is 2.47 bits per heavy atom. The van der Waals surface area contributed by atoms with Gasteiger partial charge in [-0.1, -0.05) is 36.4 Å². The summed E-state index contributed by atoms with van der Waals surface area (Å²) in [5.41, 5.74) is 12.6. The number of nitrogens with two attached hydrogens (primary N) is 1. The lowest BCUT2D eigenvalue weighted by Gasteiger charge is -2.14. The largest absolute Gasteiger partial charge is 0.398 e. The minimum absolute atomic E-state index is 0.475. The molecule has 0 saturated carbocycles. The third kappa shape index (κ3) is 2.82. The summed E-state index contributed by atoms with van der Waals surface area (Å²) in [5.74, 6) is 0.475. The van der Waals surface area contributed by atoms with Crippen LogP contribution < -0.4 is 5.73 Å². The van der Waals surface area contributed by atoms with Gasteiger partial charge in [-0.15, -0.1) is 11.6 Å². The number of benzene rings is 2. The maximum absolute atomic E-state index is 6.08. The van der Waals surface area contributed by atoms with Gasteiger partial charge in [0.15, 0.2) is 0 Å². The molecule has 0 radical (unpaired) electrons. The smallest absolute Gasteiger partial charge is 0.0475 e. The zero-order valence-electron chi connectivity index (χ0n) is 11.3. The van der Waals surface area contributed by atoms with E-state index >= 15 is 0 Å². The van der Waals surface area contributed by atoms with E-state index in [4.69, 9.17) is 17.3 Å². The number of alkyl halides is 1. The van der Waals surface area contributed by atoms with Crippen molar-refractivity contribution in [2.24, 2.45) is 0 Å². The Balaban J connectivity index is 2.60. The van der Waals surface area contributed by atoms with Crippen molar-refractivity contribution >= 4 is 22.9 Å². The molecule has 2 aromatic carbocycles. The molecule has 0 spiro atoms. The molecule has 0 aliphatic carbocycles. The van der Waals surface area contributed by atoms with E-state index in [1.165, 1.54) is 11.1 Å². The van der Waals surface area contributed by atoms with E-state index in [1.54, 1.807) is 0 Å². The average Bonchev–Trinajstić information content (AvgIpc) is 2.45. The molecule has 0 fully saturated rings. The second-order valence-electron chi connectivity index (χ2n) is 4.56. The van der Waals surface area contributed by atoms with E-state index in [9.17, 15) is 0 Å². The Morgan fingerprint density at radius 2 is 1.89 bits per heavy atom. The van der Waals surface area contributed by atoms with Crippen molar-refractivity contribution in [3.05, 3.63) is 70.8 Å². The molecule has 0 aliphatic heterocycles. The quantitative estimate of drug-likeness (QED) is 0.632. The fraction of sp³-hybridized carbons (Fsp3) is 0.176. The molecule has 1 nitrogen and oxygen atoms in total. The van der Waals surface area contributed by atoms with Gasteiger partial charge in [0.25, 0.3) is 0 Å². The van der Waals surface area contributed by atoms with Crippen LogP contribution >= 0.6 is 11.6 Å². The molecule has 0 atom stereocenters. The minimum atomic E-state index is 0.475. The van der Waals surface area contributed by atoms with E-state index < -0.39 is 0 Å². The molecule has 98 valence electrons. The predicted octanol–water partition coefficient (Wildman–Crippen LogP) is 4.77. The van der Waals surface area contributed by atoms with Gasteiger partial charge in [0, 0.05) is 11.6 Å². The average molecular weight is 272 g/mol. The summed E-state index contributed by atoms with van der Waals surface area (Å²) in [6.07, 6.45) is 2.12. The summed E-state index contributed by atoms with van der Waals surface area (Å²) in [5, 5.41) is 0. The SMILES string of the molecule is C/C=C(/c1ccccc1)c1cc(CCl)cc(N)c1C. The van der Waals surface area contributed by atoms with Gasteiger partial charge in [0.2, 0.25) is 0 Å². The Bertz CT molecular complexity index is 600. The highest BCUT2D eigenvalue weighted by Crippen LogP contribution is 2.30. The summed E-state index contributed by atoms with van der Waals surface area (Å²) >= 11 is 5.94. The molecule has 0 heterocycles. The third-order valence-electron chi connectivity index (χ3n) is 3.33. The fourth-order valence-corrected chi connectivity index (χ4v) is 2.41. The molecule has 2 N–H and O–H groups in total. The summed E-state index contributed by atoms with van der Waals surface area (Å²) in [6.45, 7) is 4.10. The molecule has 2 rings (SSSR count). The lowest BCUT2D eigenvalue weighted by Crippen LogP contribution is -1.99. The lowest BCUT2D eigenvalue weighted by molar-refractivity contribution is 1.33. The summed E-state index contributed by atoms with van der Waals surface area (Å²) in [4.78, 5) is 0. The Hall–Kier alpha value is -1.73. The second-order valence-corrected chi connectivity index (χ2v) is 4.83. The maximum atomic E-state index is 6.08. The summed E-state index contributed by atoms with van der Waals surface area (Å²) in [7, 11) is 0. The first-order valence-corrected chi connectivity index (χ1v) is 6.88. The molecule has 0 bridgehead atoms. The molecule has 0 saturated heterocycles. The van der Waals surface area contributed by atoms with E-state index in [0.717, 1.165) is 22.4 Å². The van der Waals surface area contributed by atoms with Crippen molar-refractivity contribution in [3.63, 3.8) is 0 Å². The molecular formula is C17H18ClN. The molecular weight excluding hydrogens is 254 g/mol. The highest BCUT2D eigenvalue weighted by Gasteiger charge is 2.10.